The Kier molecular flexibility index (Phi) is 18.3. The van der Waals surface area contributed by atoms with E-state index >= 15 is 0 Å². The quantitative estimate of drug-likeness (QED) is 0.0858. The summed E-state index contributed by atoms with van der Waals surface area (Å²) in [6.45, 7) is 4.09. The first-order chi connectivity index (χ1) is 17.3. The second-order valence-electron chi connectivity index (χ2n) is 10.2. The molecule has 0 aromatic carbocycles. The zero-order valence-electron chi connectivity index (χ0n) is 22.4. The van der Waals surface area contributed by atoms with E-state index in [0.717, 1.165) is 32.2 Å². The van der Waals surface area contributed by atoms with Gasteiger partial charge in [-0.25, -0.2) is 0 Å². The third-order valence-corrected chi connectivity index (χ3v) is 7.53. The maximum absolute atomic E-state index is 11.9. The smallest absolute Gasteiger partial charge is 0.305 e. The van der Waals surface area contributed by atoms with Crippen molar-refractivity contribution in [3.63, 3.8) is 0 Å². The predicted octanol–water partition coefficient (Wildman–Crippen LogP) is 7.75. The van der Waals surface area contributed by atoms with Crippen LogP contribution in [0.4, 0.5) is 0 Å². The highest BCUT2D eigenvalue weighted by Gasteiger charge is 2.26. The fourth-order valence-electron chi connectivity index (χ4n) is 4.64. The third-order valence-electron chi connectivity index (χ3n) is 6.86. The SMILES string of the molecule is CCCCCCCCCCCCCCCCCC1OCC(COC(=O)CCCC[n+]2ccsc2)O1. The second kappa shape index (κ2) is 21.1. The molecule has 6 heteroatoms. The predicted molar refractivity (Wildman–Crippen MR) is 143 cm³/mol. The lowest BCUT2D eigenvalue weighted by Crippen LogP contribution is -2.29. The minimum Gasteiger partial charge on any atom is -0.463 e. The summed E-state index contributed by atoms with van der Waals surface area (Å²) in [5.74, 6) is -0.130. The molecule has 1 aromatic heterocycles. The van der Waals surface area contributed by atoms with E-state index in [1.165, 1.54) is 89.9 Å². The molecular weight excluding hydrogens is 458 g/mol. The largest absolute Gasteiger partial charge is 0.463 e. The summed E-state index contributed by atoms with van der Waals surface area (Å²) >= 11 is 1.69. The zero-order chi connectivity index (χ0) is 24.8. The van der Waals surface area contributed by atoms with Gasteiger partial charge in [0.1, 0.15) is 19.3 Å². The Bertz CT molecular complexity index is 610. The van der Waals surface area contributed by atoms with Crippen molar-refractivity contribution < 1.29 is 23.6 Å². The summed E-state index contributed by atoms with van der Waals surface area (Å²) in [6.07, 6.45) is 25.7. The van der Waals surface area contributed by atoms with Crippen LogP contribution in [0.25, 0.3) is 0 Å². The van der Waals surface area contributed by atoms with Crippen LogP contribution >= 0.6 is 11.3 Å². The fraction of sp³-hybridized carbons (Fsp3) is 0.862. The standard InChI is InChI=1S/C29H52NO4S/c1-2-3-4-5-6-7-8-9-10-11-12-13-14-15-16-20-29-33-25-27(34-29)24-32-28(31)19-17-18-21-30-22-23-35-26-30/h22-23,26-27,29H,2-21,24-25H2,1H3/q+1. The Morgan fingerprint density at radius 3 is 2.11 bits per heavy atom. The molecule has 2 heterocycles. The number of aromatic nitrogens is 1. The van der Waals surface area contributed by atoms with Crippen molar-refractivity contribution in [3.05, 3.63) is 17.1 Å². The molecule has 0 bridgehead atoms. The van der Waals surface area contributed by atoms with Crippen LogP contribution in [0, 0.1) is 0 Å². The lowest BCUT2D eigenvalue weighted by molar-refractivity contribution is -0.692. The van der Waals surface area contributed by atoms with Crippen molar-refractivity contribution in [2.75, 3.05) is 13.2 Å². The third kappa shape index (κ3) is 16.4. The summed E-state index contributed by atoms with van der Waals surface area (Å²) in [5.41, 5.74) is 2.09. The van der Waals surface area contributed by atoms with Crippen LogP contribution in [0.2, 0.25) is 0 Å². The number of nitrogens with zero attached hydrogens (tertiary/aromatic N) is 1. The lowest BCUT2D eigenvalue weighted by atomic mass is 10.0. The molecule has 1 aromatic rings. The van der Waals surface area contributed by atoms with Gasteiger partial charge in [0.2, 0.25) is 5.51 Å². The van der Waals surface area contributed by atoms with Gasteiger partial charge in [-0.1, -0.05) is 108 Å². The Morgan fingerprint density at radius 2 is 1.51 bits per heavy atom. The number of esters is 1. The fourth-order valence-corrected chi connectivity index (χ4v) is 5.27. The van der Waals surface area contributed by atoms with Gasteiger partial charge in [0.15, 0.2) is 12.5 Å². The first-order valence-corrected chi connectivity index (χ1v) is 15.6. The summed E-state index contributed by atoms with van der Waals surface area (Å²) < 4.78 is 19.2. The van der Waals surface area contributed by atoms with Gasteiger partial charge >= 0.3 is 5.97 Å². The number of thiazole rings is 1. The normalized spacial score (nSPS) is 17.7. The molecular formula is C29H52NO4S+. The number of rotatable bonds is 23. The number of carbonyl (C=O) groups is 1. The molecule has 0 spiro atoms. The van der Waals surface area contributed by atoms with E-state index in [1.807, 2.05) is 0 Å². The van der Waals surface area contributed by atoms with Gasteiger partial charge < -0.3 is 14.2 Å². The molecule has 0 amide bonds. The number of aryl methyl sites for hydroxylation is 1. The van der Waals surface area contributed by atoms with Crippen molar-refractivity contribution in [1.29, 1.82) is 0 Å². The van der Waals surface area contributed by atoms with Crippen LogP contribution in [-0.4, -0.2) is 31.6 Å². The first kappa shape index (κ1) is 30.2. The molecule has 0 radical (unpaired) electrons. The zero-order valence-corrected chi connectivity index (χ0v) is 23.2. The van der Waals surface area contributed by atoms with Crippen LogP contribution in [0.1, 0.15) is 129 Å². The Hall–Kier alpha value is -0.980. The van der Waals surface area contributed by atoms with Gasteiger partial charge in [-0.3, -0.25) is 4.79 Å². The van der Waals surface area contributed by atoms with Crippen LogP contribution < -0.4 is 4.57 Å². The summed E-state index contributed by atoms with van der Waals surface area (Å²) in [6, 6.07) is 0. The van der Waals surface area contributed by atoms with E-state index in [-0.39, 0.29) is 18.4 Å². The molecule has 0 aliphatic carbocycles. The summed E-state index contributed by atoms with van der Waals surface area (Å²) in [7, 11) is 0. The minimum atomic E-state index is -0.130. The monoisotopic (exact) mass is 510 g/mol. The first-order valence-electron chi connectivity index (χ1n) is 14.6. The second-order valence-corrected chi connectivity index (χ2v) is 10.9. The molecule has 2 unspecified atom stereocenters. The van der Waals surface area contributed by atoms with Gasteiger partial charge in [0, 0.05) is 12.8 Å². The molecule has 2 rings (SSSR count). The number of carbonyl (C=O) groups excluding carboxylic acids is 1. The number of hydrogen-bond acceptors (Lipinski definition) is 5. The molecule has 0 saturated carbocycles. The highest BCUT2D eigenvalue weighted by Crippen LogP contribution is 2.19. The molecule has 35 heavy (non-hydrogen) atoms. The van der Waals surface area contributed by atoms with E-state index in [0.29, 0.717) is 19.6 Å². The van der Waals surface area contributed by atoms with E-state index in [1.54, 1.807) is 11.3 Å². The molecule has 202 valence electrons. The van der Waals surface area contributed by atoms with Crippen molar-refractivity contribution in [2.45, 2.75) is 148 Å². The lowest BCUT2D eigenvalue weighted by Gasteiger charge is -2.12. The van der Waals surface area contributed by atoms with Crippen LogP contribution in [0.3, 0.4) is 0 Å². The average Bonchev–Trinajstić information content (AvgIpc) is 3.55. The van der Waals surface area contributed by atoms with Crippen LogP contribution in [0.5, 0.6) is 0 Å². The molecule has 5 nitrogen and oxygen atoms in total. The number of hydrogen-bond donors (Lipinski definition) is 0. The van der Waals surface area contributed by atoms with Gasteiger partial charge in [0.25, 0.3) is 0 Å². The van der Waals surface area contributed by atoms with Gasteiger partial charge in [0.05, 0.1) is 12.0 Å². The van der Waals surface area contributed by atoms with E-state index < -0.39 is 0 Å². The Labute approximate surface area is 218 Å². The summed E-state index contributed by atoms with van der Waals surface area (Å²) in [4.78, 5) is 11.9. The average molecular weight is 511 g/mol. The highest BCUT2D eigenvalue weighted by molar-refractivity contribution is 7.07. The molecule has 2 atom stereocenters. The Balaban J connectivity index is 1.30. The number of unbranched alkanes of at least 4 members (excludes halogenated alkanes) is 15. The van der Waals surface area contributed by atoms with Crippen molar-refractivity contribution >= 4 is 17.3 Å². The number of ether oxygens (including phenoxy) is 3. The van der Waals surface area contributed by atoms with E-state index in [9.17, 15) is 4.79 Å². The topological polar surface area (TPSA) is 48.6 Å². The minimum absolute atomic E-state index is 0.110. The van der Waals surface area contributed by atoms with Crippen LogP contribution in [-0.2, 0) is 25.5 Å². The highest BCUT2D eigenvalue weighted by atomic mass is 32.1. The molecule has 1 fully saturated rings. The molecule has 1 saturated heterocycles. The summed E-state index contributed by atoms with van der Waals surface area (Å²) in [5, 5.41) is 2.06. The maximum Gasteiger partial charge on any atom is 0.305 e. The Morgan fingerprint density at radius 1 is 0.886 bits per heavy atom. The van der Waals surface area contributed by atoms with E-state index in [4.69, 9.17) is 14.2 Å². The van der Waals surface area contributed by atoms with Crippen molar-refractivity contribution in [2.24, 2.45) is 0 Å². The van der Waals surface area contributed by atoms with Crippen LogP contribution in [0.15, 0.2) is 17.1 Å². The maximum atomic E-state index is 11.9. The molecule has 1 aliphatic heterocycles. The van der Waals surface area contributed by atoms with Crippen molar-refractivity contribution in [1.82, 2.24) is 0 Å². The van der Waals surface area contributed by atoms with Gasteiger partial charge in [-0.2, -0.15) is 4.57 Å². The van der Waals surface area contributed by atoms with Gasteiger partial charge in [-0.05, 0) is 19.3 Å². The van der Waals surface area contributed by atoms with Crippen molar-refractivity contribution in [3.8, 4) is 0 Å². The molecule has 0 N–H and O–H groups in total. The van der Waals surface area contributed by atoms with Gasteiger partial charge in [-0.15, -0.1) is 0 Å². The molecule has 1 aliphatic rings. The van der Waals surface area contributed by atoms with E-state index in [2.05, 4.69) is 28.6 Å².